The summed E-state index contributed by atoms with van der Waals surface area (Å²) in [4.78, 5) is 2.72. The number of benzene rings is 1. The fourth-order valence-corrected chi connectivity index (χ4v) is 2.95. The van der Waals surface area contributed by atoms with Crippen molar-refractivity contribution in [3.8, 4) is 5.75 Å². The average Bonchev–Trinajstić information content (AvgIpc) is 2.75. The van der Waals surface area contributed by atoms with Crippen molar-refractivity contribution >= 4 is 11.3 Å². The van der Waals surface area contributed by atoms with Crippen LogP contribution in [0.15, 0.2) is 30.3 Å². The molecule has 1 heterocycles. The highest BCUT2D eigenvalue weighted by Crippen LogP contribution is 2.23. The Morgan fingerprint density at radius 1 is 1.21 bits per heavy atom. The van der Waals surface area contributed by atoms with Crippen molar-refractivity contribution in [2.45, 2.75) is 33.9 Å². The van der Waals surface area contributed by atoms with Crippen LogP contribution in [0, 0.1) is 13.8 Å². The molecule has 0 unspecified atom stereocenters. The van der Waals surface area contributed by atoms with Crippen LogP contribution >= 0.6 is 11.3 Å². The van der Waals surface area contributed by atoms with E-state index in [-0.39, 0.29) is 0 Å². The maximum Gasteiger partial charge on any atom is 0.120 e. The summed E-state index contributed by atoms with van der Waals surface area (Å²) in [5.74, 6) is 0.943. The molecule has 102 valence electrons. The van der Waals surface area contributed by atoms with E-state index >= 15 is 0 Å². The van der Waals surface area contributed by atoms with Gasteiger partial charge in [-0.3, -0.25) is 0 Å². The maximum atomic E-state index is 5.86. The Kier molecular flexibility index (Phi) is 5.00. The molecular formula is C16H21NOS. The molecule has 0 radical (unpaired) electrons. The molecule has 2 rings (SSSR count). The minimum atomic E-state index is 0.651. The number of hydrogen-bond acceptors (Lipinski definition) is 3. The van der Waals surface area contributed by atoms with Crippen LogP contribution in [0.5, 0.6) is 5.75 Å². The van der Waals surface area contributed by atoms with Gasteiger partial charge in [0.15, 0.2) is 0 Å². The quantitative estimate of drug-likeness (QED) is 0.858. The minimum Gasteiger partial charge on any atom is -0.489 e. The fraction of sp³-hybridized carbons (Fsp3) is 0.375. The number of nitrogens with one attached hydrogen (secondary N) is 1. The Bertz CT molecular complexity index is 533. The van der Waals surface area contributed by atoms with Crippen LogP contribution in [0.1, 0.15) is 27.8 Å². The van der Waals surface area contributed by atoms with Crippen LogP contribution < -0.4 is 10.1 Å². The van der Waals surface area contributed by atoms with Crippen LogP contribution in [0.25, 0.3) is 0 Å². The Balaban J connectivity index is 1.97. The molecule has 0 amide bonds. The summed E-state index contributed by atoms with van der Waals surface area (Å²) >= 11 is 1.85. The van der Waals surface area contributed by atoms with Gasteiger partial charge in [0.25, 0.3) is 0 Å². The standard InChI is InChI=1S/C16H21NOS/c1-4-17-10-16-9-14(13(3)19-16)11-18-15-7-5-6-12(2)8-15/h5-9,17H,4,10-11H2,1-3H3. The predicted molar refractivity (Wildman–Crippen MR) is 81.9 cm³/mol. The van der Waals surface area contributed by atoms with E-state index in [1.807, 2.05) is 23.5 Å². The van der Waals surface area contributed by atoms with Gasteiger partial charge in [0, 0.05) is 21.9 Å². The molecule has 0 atom stereocenters. The van der Waals surface area contributed by atoms with E-state index in [2.05, 4.69) is 44.3 Å². The summed E-state index contributed by atoms with van der Waals surface area (Å²) in [6, 6.07) is 10.4. The molecule has 0 fully saturated rings. The normalized spacial score (nSPS) is 10.7. The number of aryl methyl sites for hydroxylation is 2. The molecule has 0 spiro atoms. The second kappa shape index (κ2) is 6.73. The summed E-state index contributed by atoms with van der Waals surface area (Å²) < 4.78 is 5.86. The molecule has 1 N–H and O–H groups in total. The lowest BCUT2D eigenvalue weighted by Crippen LogP contribution is -2.10. The minimum absolute atomic E-state index is 0.651. The largest absolute Gasteiger partial charge is 0.489 e. The zero-order chi connectivity index (χ0) is 13.7. The van der Waals surface area contributed by atoms with Gasteiger partial charge in [-0.15, -0.1) is 11.3 Å². The highest BCUT2D eigenvalue weighted by molar-refractivity contribution is 7.12. The third-order valence-electron chi connectivity index (χ3n) is 3.00. The Morgan fingerprint density at radius 2 is 2.05 bits per heavy atom. The molecule has 0 bridgehead atoms. The van der Waals surface area contributed by atoms with Gasteiger partial charge < -0.3 is 10.1 Å². The molecule has 0 aliphatic heterocycles. The first kappa shape index (κ1) is 14.1. The molecule has 2 nitrogen and oxygen atoms in total. The molecule has 3 heteroatoms. The van der Waals surface area contributed by atoms with E-state index in [9.17, 15) is 0 Å². The van der Waals surface area contributed by atoms with Crippen molar-refractivity contribution in [1.29, 1.82) is 0 Å². The van der Waals surface area contributed by atoms with E-state index in [0.717, 1.165) is 18.8 Å². The first-order valence-electron chi connectivity index (χ1n) is 6.67. The Morgan fingerprint density at radius 3 is 2.79 bits per heavy atom. The topological polar surface area (TPSA) is 21.3 Å². The number of ether oxygens (including phenoxy) is 1. The molecule has 19 heavy (non-hydrogen) atoms. The second-order valence-electron chi connectivity index (χ2n) is 4.68. The third kappa shape index (κ3) is 4.08. The van der Waals surface area contributed by atoms with Crippen molar-refractivity contribution in [3.63, 3.8) is 0 Å². The lowest BCUT2D eigenvalue weighted by molar-refractivity contribution is 0.306. The van der Waals surface area contributed by atoms with Gasteiger partial charge >= 0.3 is 0 Å². The van der Waals surface area contributed by atoms with Gasteiger partial charge in [-0.05, 0) is 44.2 Å². The van der Waals surface area contributed by atoms with Gasteiger partial charge in [-0.1, -0.05) is 19.1 Å². The van der Waals surface area contributed by atoms with Gasteiger partial charge in [0.2, 0.25) is 0 Å². The van der Waals surface area contributed by atoms with E-state index in [4.69, 9.17) is 4.74 Å². The Labute approximate surface area is 119 Å². The van der Waals surface area contributed by atoms with Crippen LogP contribution in [0.3, 0.4) is 0 Å². The van der Waals surface area contributed by atoms with Gasteiger partial charge in [0.1, 0.15) is 12.4 Å². The Hall–Kier alpha value is -1.32. The molecule has 1 aromatic carbocycles. The van der Waals surface area contributed by atoms with E-state index < -0.39 is 0 Å². The lowest BCUT2D eigenvalue weighted by atomic mass is 10.2. The van der Waals surface area contributed by atoms with Gasteiger partial charge in [-0.25, -0.2) is 0 Å². The zero-order valence-electron chi connectivity index (χ0n) is 11.8. The van der Waals surface area contributed by atoms with E-state index in [0.29, 0.717) is 6.61 Å². The van der Waals surface area contributed by atoms with Crippen LogP contribution in [0.4, 0.5) is 0 Å². The van der Waals surface area contributed by atoms with Crippen molar-refractivity contribution in [1.82, 2.24) is 5.32 Å². The van der Waals surface area contributed by atoms with E-state index in [1.54, 1.807) is 0 Å². The SMILES string of the molecule is CCNCc1cc(COc2cccc(C)c2)c(C)s1. The summed E-state index contributed by atoms with van der Waals surface area (Å²) in [7, 11) is 0. The first-order valence-corrected chi connectivity index (χ1v) is 7.49. The zero-order valence-corrected chi connectivity index (χ0v) is 12.6. The van der Waals surface area contributed by atoms with Crippen molar-refractivity contribution in [2.24, 2.45) is 0 Å². The first-order chi connectivity index (χ1) is 9.19. The molecular weight excluding hydrogens is 254 g/mol. The van der Waals surface area contributed by atoms with Crippen LogP contribution in [-0.2, 0) is 13.2 Å². The molecule has 2 aromatic rings. The average molecular weight is 275 g/mol. The van der Waals surface area contributed by atoms with Gasteiger partial charge in [-0.2, -0.15) is 0 Å². The van der Waals surface area contributed by atoms with Crippen LogP contribution in [-0.4, -0.2) is 6.54 Å². The highest BCUT2D eigenvalue weighted by atomic mass is 32.1. The molecule has 0 aliphatic rings. The molecule has 0 saturated heterocycles. The lowest BCUT2D eigenvalue weighted by Gasteiger charge is -2.06. The van der Waals surface area contributed by atoms with Crippen molar-refractivity contribution in [3.05, 3.63) is 51.2 Å². The summed E-state index contributed by atoms with van der Waals surface area (Å²) in [5, 5.41) is 3.36. The molecule has 0 saturated carbocycles. The molecule has 0 aliphatic carbocycles. The highest BCUT2D eigenvalue weighted by Gasteiger charge is 2.06. The van der Waals surface area contributed by atoms with Crippen molar-refractivity contribution in [2.75, 3.05) is 6.54 Å². The predicted octanol–water partition coefficient (Wildman–Crippen LogP) is 4.05. The monoisotopic (exact) mass is 275 g/mol. The third-order valence-corrected chi connectivity index (χ3v) is 4.10. The summed E-state index contributed by atoms with van der Waals surface area (Å²) in [5.41, 5.74) is 2.52. The van der Waals surface area contributed by atoms with Gasteiger partial charge in [0.05, 0.1) is 0 Å². The maximum absolute atomic E-state index is 5.86. The number of rotatable bonds is 6. The van der Waals surface area contributed by atoms with Crippen molar-refractivity contribution < 1.29 is 4.74 Å². The molecule has 1 aromatic heterocycles. The summed E-state index contributed by atoms with van der Waals surface area (Å²) in [6.45, 7) is 8.98. The number of thiophene rings is 1. The summed E-state index contributed by atoms with van der Waals surface area (Å²) in [6.07, 6.45) is 0. The fourth-order valence-electron chi connectivity index (χ4n) is 1.93. The van der Waals surface area contributed by atoms with E-state index in [1.165, 1.54) is 20.9 Å². The smallest absolute Gasteiger partial charge is 0.120 e. The number of hydrogen-bond donors (Lipinski definition) is 1. The second-order valence-corrected chi connectivity index (χ2v) is 6.02. The van der Waals surface area contributed by atoms with Crippen LogP contribution in [0.2, 0.25) is 0 Å².